The van der Waals surface area contributed by atoms with E-state index in [1.807, 2.05) is 13.0 Å². The van der Waals surface area contributed by atoms with E-state index in [4.69, 9.17) is 5.26 Å². The van der Waals surface area contributed by atoms with Gasteiger partial charge in [-0.1, -0.05) is 19.1 Å². The van der Waals surface area contributed by atoms with Crippen LogP contribution in [0.25, 0.3) is 0 Å². The molecule has 1 fully saturated rings. The molecule has 0 radical (unpaired) electrons. The molecule has 17 heavy (non-hydrogen) atoms. The van der Waals surface area contributed by atoms with Crippen LogP contribution in [0.1, 0.15) is 31.2 Å². The quantitative estimate of drug-likeness (QED) is 0.799. The Labute approximate surface area is 100 Å². The van der Waals surface area contributed by atoms with E-state index in [-0.39, 0.29) is 11.7 Å². The SMILES string of the molecule is CC(C(=O)C(C#N)c1cccc(F)c1)C1CC1. The number of carbonyl (C=O) groups excluding carboxylic acids is 1. The normalized spacial score (nSPS) is 18.2. The van der Waals surface area contributed by atoms with Crippen LogP contribution in [0.5, 0.6) is 0 Å². The molecule has 0 saturated heterocycles. The van der Waals surface area contributed by atoms with Crippen molar-refractivity contribution >= 4 is 5.78 Å². The van der Waals surface area contributed by atoms with Crippen LogP contribution in [0.2, 0.25) is 0 Å². The second-order valence-corrected chi connectivity index (χ2v) is 4.65. The van der Waals surface area contributed by atoms with Gasteiger partial charge in [-0.25, -0.2) is 4.39 Å². The third kappa shape index (κ3) is 2.52. The van der Waals surface area contributed by atoms with Crippen molar-refractivity contribution in [3.63, 3.8) is 0 Å². The second kappa shape index (κ2) is 4.67. The Balaban J connectivity index is 2.21. The number of benzene rings is 1. The first-order chi connectivity index (χ1) is 8.13. The number of hydrogen-bond acceptors (Lipinski definition) is 2. The lowest BCUT2D eigenvalue weighted by molar-refractivity contribution is -0.123. The lowest BCUT2D eigenvalue weighted by Gasteiger charge is -2.14. The van der Waals surface area contributed by atoms with Crippen molar-refractivity contribution < 1.29 is 9.18 Å². The molecular weight excluding hydrogens is 217 g/mol. The summed E-state index contributed by atoms with van der Waals surface area (Å²) >= 11 is 0. The third-order valence-corrected chi connectivity index (χ3v) is 3.37. The van der Waals surface area contributed by atoms with Crippen molar-refractivity contribution in [3.05, 3.63) is 35.6 Å². The Bertz CT molecular complexity index is 473. The Hall–Kier alpha value is -1.69. The summed E-state index contributed by atoms with van der Waals surface area (Å²) in [5.74, 6) is -0.994. The Morgan fingerprint density at radius 2 is 2.24 bits per heavy atom. The van der Waals surface area contributed by atoms with Gasteiger partial charge in [-0.3, -0.25) is 4.79 Å². The molecule has 1 aliphatic rings. The zero-order chi connectivity index (χ0) is 12.4. The number of halogens is 1. The van der Waals surface area contributed by atoms with Gasteiger partial charge in [-0.2, -0.15) is 5.26 Å². The van der Waals surface area contributed by atoms with Crippen molar-refractivity contribution in [3.8, 4) is 6.07 Å². The van der Waals surface area contributed by atoms with E-state index in [0.717, 1.165) is 12.8 Å². The first-order valence-corrected chi connectivity index (χ1v) is 5.82. The van der Waals surface area contributed by atoms with Gasteiger partial charge in [0.1, 0.15) is 11.7 Å². The molecule has 0 spiro atoms. The molecular formula is C14H14FNO. The minimum atomic E-state index is -0.832. The van der Waals surface area contributed by atoms with Crippen LogP contribution in [0.4, 0.5) is 4.39 Å². The fraction of sp³-hybridized carbons (Fsp3) is 0.429. The van der Waals surface area contributed by atoms with Crippen molar-refractivity contribution in [2.24, 2.45) is 11.8 Å². The predicted molar refractivity (Wildman–Crippen MR) is 61.6 cm³/mol. The van der Waals surface area contributed by atoms with Crippen molar-refractivity contribution in [1.29, 1.82) is 5.26 Å². The lowest BCUT2D eigenvalue weighted by atomic mass is 9.87. The zero-order valence-corrected chi connectivity index (χ0v) is 9.69. The highest BCUT2D eigenvalue weighted by Crippen LogP contribution is 2.39. The van der Waals surface area contributed by atoms with E-state index in [1.165, 1.54) is 18.2 Å². The van der Waals surface area contributed by atoms with E-state index in [0.29, 0.717) is 11.5 Å². The van der Waals surface area contributed by atoms with Crippen molar-refractivity contribution in [2.75, 3.05) is 0 Å². The van der Waals surface area contributed by atoms with Crippen LogP contribution in [-0.4, -0.2) is 5.78 Å². The van der Waals surface area contributed by atoms with Crippen molar-refractivity contribution in [2.45, 2.75) is 25.7 Å². The van der Waals surface area contributed by atoms with Gasteiger partial charge >= 0.3 is 0 Å². The maximum absolute atomic E-state index is 13.1. The highest BCUT2D eigenvalue weighted by molar-refractivity contribution is 5.90. The third-order valence-electron chi connectivity index (χ3n) is 3.37. The second-order valence-electron chi connectivity index (χ2n) is 4.65. The maximum Gasteiger partial charge on any atom is 0.157 e. The average Bonchev–Trinajstić information content (AvgIpc) is 3.13. The molecule has 0 heterocycles. The number of nitrogens with zero attached hydrogens (tertiary/aromatic N) is 1. The van der Waals surface area contributed by atoms with Gasteiger partial charge < -0.3 is 0 Å². The van der Waals surface area contributed by atoms with Gasteiger partial charge in [0.25, 0.3) is 0 Å². The van der Waals surface area contributed by atoms with E-state index in [2.05, 4.69) is 0 Å². The van der Waals surface area contributed by atoms with Gasteiger partial charge in [0.05, 0.1) is 6.07 Å². The van der Waals surface area contributed by atoms with Gasteiger partial charge in [-0.15, -0.1) is 0 Å². The van der Waals surface area contributed by atoms with Gasteiger partial charge in [0, 0.05) is 5.92 Å². The molecule has 2 rings (SSSR count). The van der Waals surface area contributed by atoms with Crippen LogP contribution in [0.15, 0.2) is 24.3 Å². The molecule has 0 aromatic heterocycles. The standard InChI is InChI=1S/C14H14FNO/c1-9(10-5-6-10)14(17)13(8-16)11-3-2-4-12(15)7-11/h2-4,7,9-10,13H,5-6H2,1H3. The maximum atomic E-state index is 13.1. The minimum absolute atomic E-state index is 0.0828. The monoisotopic (exact) mass is 231 g/mol. The Kier molecular flexibility index (Phi) is 3.23. The van der Waals surface area contributed by atoms with E-state index in [9.17, 15) is 9.18 Å². The summed E-state index contributed by atoms with van der Waals surface area (Å²) < 4.78 is 13.1. The van der Waals surface area contributed by atoms with Gasteiger partial charge in [0.2, 0.25) is 0 Å². The van der Waals surface area contributed by atoms with Crippen molar-refractivity contribution in [1.82, 2.24) is 0 Å². The summed E-state index contributed by atoms with van der Waals surface area (Å²) in [5.41, 5.74) is 0.463. The molecule has 88 valence electrons. The number of Topliss-reactive ketones (excluding diaryl/α,β-unsaturated/α-hetero) is 1. The summed E-state index contributed by atoms with van der Waals surface area (Å²) in [6.07, 6.45) is 2.13. The molecule has 0 N–H and O–H groups in total. The number of ketones is 1. The summed E-state index contributed by atoms with van der Waals surface area (Å²) in [4.78, 5) is 12.1. The summed E-state index contributed by atoms with van der Waals surface area (Å²) in [5, 5.41) is 9.10. The van der Waals surface area contributed by atoms with Crippen LogP contribution >= 0.6 is 0 Å². The molecule has 2 atom stereocenters. The smallest absolute Gasteiger partial charge is 0.157 e. The molecule has 1 aliphatic carbocycles. The first-order valence-electron chi connectivity index (χ1n) is 5.82. The summed E-state index contributed by atoms with van der Waals surface area (Å²) in [7, 11) is 0. The molecule has 0 bridgehead atoms. The van der Waals surface area contributed by atoms with Crippen LogP contribution in [0.3, 0.4) is 0 Å². The van der Waals surface area contributed by atoms with Gasteiger partial charge in [-0.05, 0) is 36.5 Å². The van der Waals surface area contributed by atoms with E-state index >= 15 is 0 Å². The van der Waals surface area contributed by atoms with Crippen LogP contribution in [-0.2, 0) is 4.79 Å². The van der Waals surface area contributed by atoms with E-state index < -0.39 is 11.7 Å². The molecule has 1 aromatic rings. The largest absolute Gasteiger partial charge is 0.298 e. The fourth-order valence-corrected chi connectivity index (χ4v) is 2.08. The molecule has 2 unspecified atom stereocenters. The predicted octanol–water partition coefficient (Wildman–Crippen LogP) is 3.05. The zero-order valence-electron chi connectivity index (χ0n) is 9.69. The average molecular weight is 231 g/mol. The lowest BCUT2D eigenvalue weighted by Crippen LogP contribution is -2.20. The highest BCUT2D eigenvalue weighted by atomic mass is 19.1. The fourth-order valence-electron chi connectivity index (χ4n) is 2.08. The summed E-state index contributed by atoms with van der Waals surface area (Å²) in [6.45, 7) is 1.86. The minimum Gasteiger partial charge on any atom is -0.298 e. The molecule has 2 nitrogen and oxygen atoms in total. The molecule has 1 saturated carbocycles. The topological polar surface area (TPSA) is 40.9 Å². The Morgan fingerprint density at radius 3 is 2.76 bits per heavy atom. The molecule has 0 aliphatic heterocycles. The highest BCUT2D eigenvalue weighted by Gasteiger charge is 2.36. The molecule has 3 heteroatoms. The van der Waals surface area contributed by atoms with Crippen LogP contribution < -0.4 is 0 Å². The Morgan fingerprint density at radius 1 is 1.53 bits per heavy atom. The number of hydrogen-bond donors (Lipinski definition) is 0. The van der Waals surface area contributed by atoms with Gasteiger partial charge in [0.15, 0.2) is 5.78 Å². The first kappa shape index (κ1) is 11.8. The molecule has 0 amide bonds. The number of rotatable bonds is 4. The summed E-state index contributed by atoms with van der Waals surface area (Å²) in [6, 6.07) is 7.74. The number of carbonyl (C=O) groups is 1. The van der Waals surface area contributed by atoms with E-state index in [1.54, 1.807) is 6.07 Å². The molecule has 1 aromatic carbocycles. The van der Waals surface area contributed by atoms with Crippen LogP contribution in [0, 0.1) is 29.0 Å². The number of nitriles is 1.